The van der Waals surface area contributed by atoms with Gasteiger partial charge in [-0.05, 0) is 47.4 Å². The van der Waals surface area contributed by atoms with Crippen LogP contribution in [0.1, 0.15) is 36.5 Å². The van der Waals surface area contributed by atoms with Gasteiger partial charge in [-0.25, -0.2) is 5.01 Å². The summed E-state index contributed by atoms with van der Waals surface area (Å²) in [5.74, 6) is -0.0513. The third-order valence-corrected chi connectivity index (χ3v) is 5.86. The van der Waals surface area contributed by atoms with Crippen molar-refractivity contribution in [2.75, 3.05) is 11.9 Å². The lowest BCUT2D eigenvalue weighted by atomic mass is 9.87. The molecule has 0 saturated heterocycles. The van der Waals surface area contributed by atoms with Crippen molar-refractivity contribution in [3.63, 3.8) is 0 Å². The first-order valence-corrected chi connectivity index (χ1v) is 11.6. The zero-order chi connectivity index (χ0) is 24.1. The van der Waals surface area contributed by atoms with Crippen molar-refractivity contribution in [1.82, 2.24) is 5.01 Å². The third-order valence-electron chi connectivity index (χ3n) is 5.59. The van der Waals surface area contributed by atoms with Gasteiger partial charge in [-0.2, -0.15) is 0 Å². The van der Waals surface area contributed by atoms with Gasteiger partial charge in [0, 0.05) is 16.1 Å². The zero-order valence-corrected chi connectivity index (χ0v) is 20.0. The molecule has 3 aromatic rings. The smallest absolute Gasteiger partial charge is 0.281 e. The first-order valence-electron chi connectivity index (χ1n) is 11.2. The Hall–Kier alpha value is -3.58. The van der Waals surface area contributed by atoms with E-state index >= 15 is 0 Å². The Morgan fingerprint density at radius 3 is 2.47 bits per heavy atom. The maximum absolute atomic E-state index is 13.1. The second-order valence-corrected chi connectivity index (χ2v) is 9.03. The van der Waals surface area contributed by atoms with Crippen molar-refractivity contribution in [1.29, 1.82) is 0 Å². The van der Waals surface area contributed by atoms with E-state index in [4.69, 9.17) is 4.74 Å². The van der Waals surface area contributed by atoms with Gasteiger partial charge < -0.3 is 10.1 Å². The molecule has 1 unspecified atom stereocenters. The number of thiol groups is 1. The molecule has 1 aliphatic heterocycles. The number of nitrogens with one attached hydrogen (secondary N) is 1. The highest BCUT2D eigenvalue weighted by molar-refractivity contribution is 7.80. The Balaban J connectivity index is 1.48. The number of carbonyl (C=O) groups excluding carboxylic acids is 2. The first-order chi connectivity index (χ1) is 16.4. The highest BCUT2D eigenvalue weighted by Gasteiger charge is 2.25. The van der Waals surface area contributed by atoms with Crippen LogP contribution in [0.4, 0.5) is 5.69 Å². The Morgan fingerprint density at radius 1 is 1.06 bits per heavy atom. The number of anilines is 1. The van der Waals surface area contributed by atoms with Crippen LogP contribution in [-0.2, 0) is 20.9 Å². The van der Waals surface area contributed by atoms with Gasteiger partial charge in [-0.3, -0.25) is 9.59 Å². The fourth-order valence-corrected chi connectivity index (χ4v) is 4.12. The van der Waals surface area contributed by atoms with Crippen LogP contribution >= 0.6 is 12.6 Å². The molecule has 0 saturated carbocycles. The van der Waals surface area contributed by atoms with Crippen LogP contribution in [0.5, 0.6) is 0 Å². The molecule has 0 bridgehead atoms. The Morgan fingerprint density at radius 2 is 1.79 bits per heavy atom. The molecule has 6 nitrogen and oxygen atoms in total. The summed E-state index contributed by atoms with van der Waals surface area (Å²) in [6, 6.07) is 24.7. The molecule has 1 N–H and O–H groups in total. The van der Waals surface area contributed by atoms with E-state index in [2.05, 4.69) is 23.0 Å². The summed E-state index contributed by atoms with van der Waals surface area (Å²) in [7, 11) is 0. The molecular weight excluding hydrogens is 446 g/mol. The van der Waals surface area contributed by atoms with Crippen molar-refractivity contribution < 1.29 is 14.3 Å². The van der Waals surface area contributed by atoms with Crippen LogP contribution in [0.25, 0.3) is 0 Å². The molecule has 2 amide bonds. The fraction of sp³-hybridized carbons (Fsp3) is 0.222. The third kappa shape index (κ3) is 5.66. The summed E-state index contributed by atoms with van der Waals surface area (Å²) in [5.41, 5.74) is 3.38. The van der Waals surface area contributed by atoms with Crippen LogP contribution in [0.15, 0.2) is 88.9 Å². The van der Waals surface area contributed by atoms with Gasteiger partial charge in [-0.15, -0.1) is 17.7 Å². The summed E-state index contributed by atoms with van der Waals surface area (Å²) < 4.78 is 5.51. The van der Waals surface area contributed by atoms with Gasteiger partial charge in [0.25, 0.3) is 5.91 Å². The molecule has 0 fully saturated rings. The van der Waals surface area contributed by atoms with Gasteiger partial charge in [0.2, 0.25) is 11.8 Å². The van der Waals surface area contributed by atoms with Crippen LogP contribution in [0.2, 0.25) is 0 Å². The molecular formula is C27H27N3O3S. The maximum atomic E-state index is 13.1. The highest BCUT2D eigenvalue weighted by atomic mass is 32.1. The number of benzene rings is 3. The minimum Gasteiger partial charge on any atom is -0.466 e. The lowest BCUT2D eigenvalue weighted by Gasteiger charge is -2.24. The molecule has 1 atom stereocenters. The average Bonchev–Trinajstić information content (AvgIpc) is 2.82. The van der Waals surface area contributed by atoms with E-state index in [9.17, 15) is 9.59 Å². The largest absolute Gasteiger partial charge is 0.466 e. The minimum atomic E-state index is -0.314. The van der Waals surface area contributed by atoms with Gasteiger partial charge in [0.15, 0.2) is 6.61 Å². The molecule has 174 valence electrons. The molecule has 1 aliphatic rings. The topological polar surface area (TPSA) is 71.0 Å². The van der Waals surface area contributed by atoms with Crippen LogP contribution in [0.3, 0.4) is 0 Å². The molecule has 0 aliphatic carbocycles. The van der Waals surface area contributed by atoms with Crippen molar-refractivity contribution >= 4 is 36.0 Å². The molecule has 0 spiro atoms. The highest BCUT2D eigenvalue weighted by Crippen LogP contribution is 2.27. The summed E-state index contributed by atoms with van der Waals surface area (Å²) in [5, 5.41) is 8.83. The predicted molar refractivity (Wildman–Crippen MR) is 136 cm³/mol. The number of rotatable bonds is 7. The zero-order valence-electron chi connectivity index (χ0n) is 19.1. The van der Waals surface area contributed by atoms with E-state index in [0.717, 1.165) is 27.3 Å². The number of nitrogens with zero attached hydrogens (tertiary/aromatic N) is 2. The van der Waals surface area contributed by atoms with Crippen LogP contribution in [0, 0.1) is 5.92 Å². The van der Waals surface area contributed by atoms with Crippen molar-refractivity contribution in [3.8, 4) is 0 Å². The van der Waals surface area contributed by atoms with E-state index in [-0.39, 0.29) is 30.3 Å². The van der Waals surface area contributed by atoms with E-state index in [1.165, 1.54) is 5.01 Å². The molecule has 3 aromatic carbocycles. The molecule has 34 heavy (non-hydrogen) atoms. The Kier molecular flexibility index (Phi) is 7.33. The molecule has 0 radical (unpaired) electrons. The molecule has 0 aromatic heterocycles. The van der Waals surface area contributed by atoms with E-state index in [0.29, 0.717) is 12.4 Å². The van der Waals surface area contributed by atoms with Crippen LogP contribution in [-0.4, -0.2) is 29.3 Å². The molecule has 7 heteroatoms. The van der Waals surface area contributed by atoms with E-state index < -0.39 is 0 Å². The molecule has 4 rings (SSSR count). The number of carbonyl (C=O) groups is 2. The molecule has 1 heterocycles. The number of hydrazone groups is 1. The van der Waals surface area contributed by atoms with Gasteiger partial charge in [0.1, 0.15) is 0 Å². The summed E-state index contributed by atoms with van der Waals surface area (Å²) >= 11 is 4.34. The average molecular weight is 474 g/mol. The number of amides is 2. The first kappa shape index (κ1) is 23.6. The fourth-order valence-electron chi connectivity index (χ4n) is 3.89. The number of ether oxygens (including phenoxy) is 1. The van der Waals surface area contributed by atoms with Gasteiger partial charge in [0.05, 0.1) is 12.5 Å². The second kappa shape index (κ2) is 10.6. The number of hydrogen-bond donors (Lipinski definition) is 2. The normalized spacial score (nSPS) is 14.4. The SMILES string of the molecule is CC(C)C(C(=O)Nc1cccc(S)c1)c1ccc(CN2N=C(c3ccccc3)OCC2=O)cc1. The van der Waals surface area contributed by atoms with Crippen LogP contribution < -0.4 is 5.32 Å². The summed E-state index contributed by atoms with van der Waals surface area (Å²) in [6.45, 7) is 4.33. The predicted octanol–water partition coefficient (Wildman–Crippen LogP) is 5.07. The van der Waals surface area contributed by atoms with E-state index in [1.54, 1.807) is 0 Å². The second-order valence-electron chi connectivity index (χ2n) is 8.51. The van der Waals surface area contributed by atoms with Crippen molar-refractivity contribution in [2.45, 2.75) is 31.2 Å². The maximum Gasteiger partial charge on any atom is 0.281 e. The Bertz CT molecular complexity index is 1190. The summed E-state index contributed by atoms with van der Waals surface area (Å²) in [4.78, 5) is 26.2. The van der Waals surface area contributed by atoms with Crippen molar-refractivity contribution in [3.05, 3.63) is 95.6 Å². The number of hydrogen-bond acceptors (Lipinski definition) is 5. The van der Waals surface area contributed by atoms with Crippen molar-refractivity contribution in [2.24, 2.45) is 11.0 Å². The monoisotopic (exact) mass is 473 g/mol. The summed E-state index contributed by atoms with van der Waals surface area (Å²) in [6.07, 6.45) is 0. The minimum absolute atomic E-state index is 0.0467. The van der Waals surface area contributed by atoms with Gasteiger partial charge >= 0.3 is 0 Å². The Labute approximate surface area is 205 Å². The van der Waals surface area contributed by atoms with E-state index in [1.807, 2.05) is 92.7 Å². The lowest BCUT2D eigenvalue weighted by molar-refractivity contribution is -0.136. The quantitative estimate of drug-likeness (QED) is 0.471. The lowest BCUT2D eigenvalue weighted by Crippen LogP contribution is -2.36. The standard InChI is InChI=1S/C27H27N3O3S/c1-18(2)25(26(32)28-22-9-6-10-23(34)15-22)20-13-11-19(12-14-20)16-30-24(31)17-33-27(29-30)21-7-4-3-5-8-21/h3-15,18,25,34H,16-17H2,1-2H3,(H,28,32). The van der Waals surface area contributed by atoms with Gasteiger partial charge in [-0.1, -0.05) is 62.4 Å².